The number of anilines is 1. The molecule has 3 atom stereocenters. The van der Waals surface area contributed by atoms with Crippen LogP contribution in [0.3, 0.4) is 0 Å². The van der Waals surface area contributed by atoms with E-state index in [1.807, 2.05) is 30.3 Å². The number of benzene rings is 2. The topological polar surface area (TPSA) is 118 Å². The minimum absolute atomic E-state index is 0.121. The first-order chi connectivity index (χ1) is 15.6. The zero-order valence-corrected chi connectivity index (χ0v) is 17.3. The summed E-state index contributed by atoms with van der Waals surface area (Å²) in [5, 5.41) is 18.0. The van der Waals surface area contributed by atoms with Crippen LogP contribution in [0.4, 0.5) is 10.5 Å². The van der Waals surface area contributed by atoms with Crippen LogP contribution in [0.2, 0.25) is 0 Å². The summed E-state index contributed by atoms with van der Waals surface area (Å²) in [7, 11) is 0. The average molecular weight is 439 g/mol. The standard InChI is InChI=1S/C23H25N3O6/c27-13-21-18(26-23(29)25-16-6-9-19-20(10-16)31-14-30-19)8-7-17(32-21)11-22(28)24-12-15-4-2-1-3-5-15/h1-10,17-18,21,27H,11-14H2,(H,24,28)(H2,25,26,29)/t17-,18+,21+/m1/s1. The van der Waals surface area contributed by atoms with E-state index in [0.29, 0.717) is 23.7 Å². The number of hydrogen-bond donors (Lipinski definition) is 4. The van der Waals surface area contributed by atoms with Crippen LogP contribution in [0.1, 0.15) is 12.0 Å². The monoisotopic (exact) mass is 439 g/mol. The second-order valence-electron chi connectivity index (χ2n) is 7.44. The van der Waals surface area contributed by atoms with Crippen LogP contribution in [-0.4, -0.2) is 48.7 Å². The quantitative estimate of drug-likeness (QED) is 0.490. The first-order valence-corrected chi connectivity index (χ1v) is 10.3. The van der Waals surface area contributed by atoms with E-state index in [2.05, 4.69) is 16.0 Å². The van der Waals surface area contributed by atoms with E-state index in [1.54, 1.807) is 30.4 Å². The molecule has 0 spiro atoms. The molecule has 2 aromatic carbocycles. The van der Waals surface area contributed by atoms with Gasteiger partial charge >= 0.3 is 6.03 Å². The fourth-order valence-corrected chi connectivity index (χ4v) is 3.48. The van der Waals surface area contributed by atoms with Crippen molar-refractivity contribution in [1.29, 1.82) is 0 Å². The van der Waals surface area contributed by atoms with E-state index < -0.39 is 24.3 Å². The summed E-state index contributed by atoms with van der Waals surface area (Å²) >= 11 is 0. The second kappa shape index (κ2) is 10.2. The molecule has 0 saturated carbocycles. The number of urea groups is 1. The molecule has 2 heterocycles. The molecule has 0 aliphatic carbocycles. The molecule has 0 unspecified atom stereocenters. The summed E-state index contributed by atoms with van der Waals surface area (Å²) in [4.78, 5) is 24.6. The van der Waals surface area contributed by atoms with Gasteiger partial charge in [0.05, 0.1) is 25.2 Å². The van der Waals surface area contributed by atoms with Gasteiger partial charge in [0.25, 0.3) is 0 Å². The highest BCUT2D eigenvalue weighted by Gasteiger charge is 2.29. The van der Waals surface area contributed by atoms with Crippen LogP contribution in [0.25, 0.3) is 0 Å². The Morgan fingerprint density at radius 3 is 2.66 bits per heavy atom. The van der Waals surface area contributed by atoms with Crippen molar-refractivity contribution in [2.45, 2.75) is 31.2 Å². The number of fused-ring (bicyclic) bond motifs is 1. The van der Waals surface area contributed by atoms with Gasteiger partial charge in [0, 0.05) is 18.3 Å². The molecule has 0 radical (unpaired) electrons. The number of hydrogen-bond acceptors (Lipinski definition) is 6. The van der Waals surface area contributed by atoms with E-state index in [0.717, 1.165) is 5.56 Å². The number of aliphatic hydroxyl groups excluding tert-OH is 1. The molecule has 9 heteroatoms. The van der Waals surface area contributed by atoms with Crippen molar-refractivity contribution in [2.75, 3.05) is 18.7 Å². The van der Waals surface area contributed by atoms with Crippen molar-refractivity contribution in [3.8, 4) is 11.5 Å². The van der Waals surface area contributed by atoms with Gasteiger partial charge < -0.3 is 35.3 Å². The van der Waals surface area contributed by atoms with Crippen molar-refractivity contribution in [3.63, 3.8) is 0 Å². The van der Waals surface area contributed by atoms with Crippen LogP contribution in [-0.2, 0) is 16.1 Å². The molecule has 9 nitrogen and oxygen atoms in total. The van der Waals surface area contributed by atoms with Gasteiger partial charge in [-0.25, -0.2) is 4.79 Å². The summed E-state index contributed by atoms with van der Waals surface area (Å²) in [6, 6.07) is 13.7. The van der Waals surface area contributed by atoms with Crippen molar-refractivity contribution in [2.24, 2.45) is 0 Å². The largest absolute Gasteiger partial charge is 0.454 e. The molecule has 32 heavy (non-hydrogen) atoms. The Bertz CT molecular complexity index is 981. The van der Waals surface area contributed by atoms with Gasteiger partial charge in [0.2, 0.25) is 12.7 Å². The van der Waals surface area contributed by atoms with Crippen LogP contribution >= 0.6 is 0 Å². The number of aliphatic hydroxyl groups is 1. The van der Waals surface area contributed by atoms with E-state index in [9.17, 15) is 14.7 Å². The van der Waals surface area contributed by atoms with Gasteiger partial charge in [-0.3, -0.25) is 4.79 Å². The predicted molar refractivity (Wildman–Crippen MR) is 116 cm³/mol. The van der Waals surface area contributed by atoms with Crippen molar-refractivity contribution < 1.29 is 28.9 Å². The molecule has 2 aromatic rings. The van der Waals surface area contributed by atoms with Crippen LogP contribution < -0.4 is 25.4 Å². The number of rotatable bonds is 7. The molecule has 0 fully saturated rings. The summed E-state index contributed by atoms with van der Waals surface area (Å²) in [6.07, 6.45) is 2.42. The zero-order chi connectivity index (χ0) is 22.3. The third-order valence-corrected chi connectivity index (χ3v) is 5.11. The average Bonchev–Trinajstić information content (AvgIpc) is 3.27. The number of nitrogens with one attached hydrogen (secondary N) is 3. The van der Waals surface area contributed by atoms with Crippen LogP contribution in [0.15, 0.2) is 60.7 Å². The number of amides is 3. The maximum Gasteiger partial charge on any atom is 0.319 e. The third kappa shape index (κ3) is 5.57. The lowest BCUT2D eigenvalue weighted by Gasteiger charge is -2.31. The summed E-state index contributed by atoms with van der Waals surface area (Å²) < 4.78 is 16.4. The number of carbonyl (C=O) groups excluding carboxylic acids is 2. The first kappa shape index (κ1) is 21.7. The Balaban J connectivity index is 1.27. The van der Waals surface area contributed by atoms with Gasteiger partial charge in [-0.05, 0) is 17.7 Å². The highest BCUT2D eigenvalue weighted by Crippen LogP contribution is 2.34. The number of ether oxygens (including phenoxy) is 3. The maximum atomic E-state index is 12.4. The molecule has 0 saturated heterocycles. The summed E-state index contributed by atoms with van der Waals surface area (Å²) in [5.41, 5.74) is 1.55. The summed E-state index contributed by atoms with van der Waals surface area (Å²) in [5.74, 6) is 1.02. The third-order valence-electron chi connectivity index (χ3n) is 5.11. The normalized spacial score (nSPS) is 21.1. The molecule has 0 aromatic heterocycles. The molecule has 4 N–H and O–H groups in total. The Kier molecular flexibility index (Phi) is 6.88. The van der Waals surface area contributed by atoms with E-state index in [4.69, 9.17) is 14.2 Å². The first-order valence-electron chi connectivity index (χ1n) is 10.3. The molecule has 2 aliphatic rings. The van der Waals surface area contributed by atoms with E-state index in [-0.39, 0.29) is 25.7 Å². The van der Waals surface area contributed by atoms with Gasteiger partial charge in [0.15, 0.2) is 11.5 Å². The summed E-state index contributed by atoms with van der Waals surface area (Å²) in [6.45, 7) is 0.282. The number of carbonyl (C=O) groups is 2. The van der Waals surface area contributed by atoms with E-state index >= 15 is 0 Å². The zero-order valence-electron chi connectivity index (χ0n) is 17.3. The molecule has 168 valence electrons. The Morgan fingerprint density at radius 1 is 1.03 bits per heavy atom. The van der Waals surface area contributed by atoms with Gasteiger partial charge in [-0.1, -0.05) is 42.5 Å². The lowest BCUT2D eigenvalue weighted by Crippen LogP contribution is -2.50. The Hall–Kier alpha value is -3.56. The maximum absolute atomic E-state index is 12.4. The fraction of sp³-hybridized carbons (Fsp3) is 0.304. The second-order valence-corrected chi connectivity index (χ2v) is 7.44. The van der Waals surface area contributed by atoms with Crippen molar-refractivity contribution in [3.05, 3.63) is 66.2 Å². The van der Waals surface area contributed by atoms with Crippen LogP contribution in [0, 0.1) is 0 Å². The fourth-order valence-electron chi connectivity index (χ4n) is 3.48. The van der Waals surface area contributed by atoms with Crippen LogP contribution in [0.5, 0.6) is 11.5 Å². The molecular weight excluding hydrogens is 414 g/mol. The SMILES string of the molecule is O=C(C[C@H]1C=C[C@H](NC(=O)Nc2ccc3c(c2)OCO3)[C@H](CO)O1)NCc1ccccc1. The molecule has 4 rings (SSSR count). The predicted octanol–water partition coefficient (Wildman–Crippen LogP) is 1.93. The smallest absolute Gasteiger partial charge is 0.319 e. The Morgan fingerprint density at radius 2 is 1.84 bits per heavy atom. The van der Waals surface area contributed by atoms with Crippen molar-refractivity contribution >= 4 is 17.6 Å². The van der Waals surface area contributed by atoms with Crippen molar-refractivity contribution in [1.82, 2.24) is 10.6 Å². The lowest BCUT2D eigenvalue weighted by molar-refractivity contribution is -0.125. The highest BCUT2D eigenvalue weighted by atomic mass is 16.7. The molecule has 3 amide bonds. The van der Waals surface area contributed by atoms with Gasteiger partial charge in [-0.2, -0.15) is 0 Å². The van der Waals surface area contributed by atoms with E-state index in [1.165, 1.54) is 0 Å². The molecule has 2 aliphatic heterocycles. The van der Waals surface area contributed by atoms with Gasteiger partial charge in [0.1, 0.15) is 6.10 Å². The molecular formula is C23H25N3O6. The van der Waals surface area contributed by atoms with Gasteiger partial charge in [-0.15, -0.1) is 0 Å². The Labute approximate surface area is 185 Å². The minimum atomic E-state index is -0.672. The minimum Gasteiger partial charge on any atom is -0.454 e. The lowest BCUT2D eigenvalue weighted by atomic mass is 10.0. The molecule has 0 bridgehead atoms. The highest BCUT2D eigenvalue weighted by molar-refractivity contribution is 5.90.